The van der Waals surface area contributed by atoms with Gasteiger partial charge in [-0.25, -0.2) is 4.98 Å². The molecule has 5 rings (SSSR count). The van der Waals surface area contributed by atoms with E-state index in [1.54, 1.807) is 11.8 Å². The Morgan fingerprint density at radius 1 is 0.900 bits per heavy atom. The van der Waals surface area contributed by atoms with E-state index < -0.39 is 6.29 Å². The van der Waals surface area contributed by atoms with Crippen LogP contribution in [0.4, 0.5) is 0 Å². The number of hydrogen-bond acceptors (Lipinski definition) is 6. The Balaban J connectivity index is 1.36. The fourth-order valence-electron chi connectivity index (χ4n) is 4.83. The largest absolute Gasteiger partial charge is 0.392 e. The molecule has 0 saturated carbocycles. The van der Waals surface area contributed by atoms with Crippen LogP contribution in [-0.2, 0) is 27.4 Å². The van der Waals surface area contributed by atoms with Crippen LogP contribution in [0.2, 0.25) is 0 Å². The second kappa shape index (κ2) is 13.2. The Morgan fingerprint density at radius 3 is 2.38 bits per heavy atom. The highest BCUT2D eigenvalue weighted by Crippen LogP contribution is 2.43. The molecule has 0 radical (unpaired) electrons. The van der Waals surface area contributed by atoms with E-state index in [1.807, 2.05) is 60.8 Å². The van der Waals surface area contributed by atoms with Crippen molar-refractivity contribution in [3.05, 3.63) is 119 Å². The minimum absolute atomic E-state index is 0.0128. The fraction of sp³-hybridized carbons (Fsp3) is 0.273. The van der Waals surface area contributed by atoms with Crippen LogP contribution in [0.5, 0.6) is 0 Å². The molecule has 4 aromatic rings. The first-order valence-electron chi connectivity index (χ1n) is 13.5. The maximum Gasteiger partial charge on any atom is 0.217 e. The Labute approximate surface area is 239 Å². The smallest absolute Gasteiger partial charge is 0.217 e. The summed E-state index contributed by atoms with van der Waals surface area (Å²) in [7, 11) is 0. The van der Waals surface area contributed by atoms with Crippen LogP contribution in [0.3, 0.4) is 0 Å². The average molecular weight is 555 g/mol. The number of aliphatic hydroxyl groups is 1. The molecule has 206 valence electrons. The summed E-state index contributed by atoms with van der Waals surface area (Å²) in [6.45, 7) is 4.21. The molecule has 0 bridgehead atoms. The van der Waals surface area contributed by atoms with E-state index in [4.69, 9.17) is 9.47 Å². The molecule has 1 saturated heterocycles. The lowest BCUT2D eigenvalue weighted by Gasteiger charge is -2.41. The van der Waals surface area contributed by atoms with Gasteiger partial charge >= 0.3 is 0 Å². The van der Waals surface area contributed by atoms with Gasteiger partial charge in [0.15, 0.2) is 6.29 Å². The van der Waals surface area contributed by atoms with Crippen LogP contribution >= 0.6 is 11.8 Å². The van der Waals surface area contributed by atoms with Crippen molar-refractivity contribution in [1.29, 1.82) is 0 Å². The zero-order valence-electron chi connectivity index (χ0n) is 22.7. The molecule has 0 aliphatic carbocycles. The van der Waals surface area contributed by atoms with Gasteiger partial charge in [-0.2, -0.15) is 0 Å². The van der Waals surface area contributed by atoms with E-state index in [-0.39, 0.29) is 30.6 Å². The monoisotopic (exact) mass is 554 g/mol. The molecular weight excluding hydrogens is 520 g/mol. The van der Waals surface area contributed by atoms with Gasteiger partial charge in [-0.15, -0.1) is 11.8 Å². The number of amides is 1. The number of carbonyl (C=O) groups excluding carboxylic acids is 1. The van der Waals surface area contributed by atoms with Gasteiger partial charge in [0.05, 0.1) is 23.8 Å². The van der Waals surface area contributed by atoms with E-state index in [0.29, 0.717) is 6.54 Å². The van der Waals surface area contributed by atoms with Gasteiger partial charge in [0.25, 0.3) is 0 Å². The predicted molar refractivity (Wildman–Crippen MR) is 157 cm³/mol. The van der Waals surface area contributed by atoms with Crippen LogP contribution < -0.4 is 5.32 Å². The SMILES string of the molecule is CC(=O)NCc1cccc(-c2ccc([C@@H]3O[C@H](CSc4ccccn4)[C@H](C)[C@H](c4ccc(CO)cc4)O3)cc2)c1. The van der Waals surface area contributed by atoms with Crippen molar-refractivity contribution in [2.75, 3.05) is 5.75 Å². The van der Waals surface area contributed by atoms with Gasteiger partial charge in [-0.05, 0) is 46.0 Å². The quantitative estimate of drug-likeness (QED) is 0.231. The molecule has 1 aliphatic heterocycles. The molecule has 40 heavy (non-hydrogen) atoms. The molecular formula is C33H34N2O4S. The van der Waals surface area contributed by atoms with Gasteiger partial charge in [0.2, 0.25) is 5.91 Å². The summed E-state index contributed by atoms with van der Waals surface area (Å²) in [5.41, 5.74) is 6.11. The maximum atomic E-state index is 11.3. The van der Waals surface area contributed by atoms with E-state index in [2.05, 4.69) is 53.6 Å². The van der Waals surface area contributed by atoms with E-state index in [0.717, 1.165) is 44.2 Å². The number of nitrogens with zero attached hydrogens (tertiary/aromatic N) is 1. The Bertz CT molecular complexity index is 1400. The van der Waals surface area contributed by atoms with Gasteiger partial charge in [0, 0.05) is 36.9 Å². The molecule has 1 aromatic heterocycles. The fourth-order valence-corrected chi connectivity index (χ4v) is 5.86. The molecule has 1 amide bonds. The van der Waals surface area contributed by atoms with Crippen LogP contribution in [-0.4, -0.2) is 27.9 Å². The van der Waals surface area contributed by atoms with Gasteiger partial charge in [-0.1, -0.05) is 79.7 Å². The highest BCUT2D eigenvalue weighted by atomic mass is 32.2. The first-order chi connectivity index (χ1) is 19.5. The molecule has 7 heteroatoms. The van der Waals surface area contributed by atoms with Crippen molar-refractivity contribution < 1.29 is 19.4 Å². The van der Waals surface area contributed by atoms with Gasteiger partial charge in [0.1, 0.15) is 0 Å². The molecule has 0 spiro atoms. The number of aromatic nitrogens is 1. The minimum atomic E-state index is -0.520. The summed E-state index contributed by atoms with van der Waals surface area (Å²) >= 11 is 1.69. The van der Waals surface area contributed by atoms with E-state index in [9.17, 15) is 9.90 Å². The van der Waals surface area contributed by atoms with Crippen molar-refractivity contribution in [1.82, 2.24) is 10.3 Å². The van der Waals surface area contributed by atoms with Crippen LogP contribution in [0.1, 0.15) is 48.5 Å². The standard InChI is InChI=1S/C33H34N2O4S/c1-22-30(21-40-31-8-3-4-17-34-31)38-33(39-32(22)27-11-9-24(20-36)10-12-27)28-15-13-26(14-16-28)29-7-5-6-25(18-29)19-35-23(2)37/h3-18,22,30,32-33,36H,19-21H2,1-2H3,(H,35,37)/t22-,30+,32+,33+/m0/s1. The molecule has 1 aliphatic rings. The third-order valence-corrected chi connectivity index (χ3v) is 8.17. The molecule has 3 aromatic carbocycles. The lowest BCUT2D eigenvalue weighted by molar-refractivity contribution is -0.268. The van der Waals surface area contributed by atoms with Crippen molar-refractivity contribution in [3.63, 3.8) is 0 Å². The number of pyridine rings is 1. The third kappa shape index (κ3) is 6.98. The molecule has 2 N–H and O–H groups in total. The summed E-state index contributed by atoms with van der Waals surface area (Å²) in [6, 6.07) is 30.4. The summed E-state index contributed by atoms with van der Waals surface area (Å²) in [5.74, 6) is 0.816. The maximum absolute atomic E-state index is 11.3. The highest BCUT2D eigenvalue weighted by molar-refractivity contribution is 7.99. The van der Waals surface area contributed by atoms with E-state index in [1.165, 1.54) is 6.92 Å². The molecule has 2 heterocycles. The second-order valence-corrected chi connectivity index (χ2v) is 11.1. The Hall–Kier alpha value is -3.49. The summed E-state index contributed by atoms with van der Waals surface area (Å²) < 4.78 is 13.2. The normalized spacial score (nSPS) is 20.7. The number of thioether (sulfide) groups is 1. The average Bonchev–Trinajstić information content (AvgIpc) is 3.00. The number of ether oxygens (including phenoxy) is 2. The Kier molecular flexibility index (Phi) is 9.29. The summed E-state index contributed by atoms with van der Waals surface area (Å²) in [5, 5.41) is 13.3. The zero-order valence-corrected chi connectivity index (χ0v) is 23.5. The lowest BCUT2D eigenvalue weighted by Crippen LogP contribution is -2.38. The molecule has 0 unspecified atom stereocenters. The highest BCUT2D eigenvalue weighted by Gasteiger charge is 2.38. The van der Waals surface area contributed by atoms with Crippen LogP contribution in [0.25, 0.3) is 11.1 Å². The first kappa shape index (κ1) is 28.1. The zero-order chi connectivity index (χ0) is 27.9. The molecule has 6 nitrogen and oxygen atoms in total. The topological polar surface area (TPSA) is 80.7 Å². The van der Waals surface area contributed by atoms with Gasteiger partial charge < -0.3 is 19.9 Å². The van der Waals surface area contributed by atoms with Crippen LogP contribution in [0, 0.1) is 5.92 Å². The van der Waals surface area contributed by atoms with Crippen molar-refractivity contribution >= 4 is 17.7 Å². The first-order valence-corrected chi connectivity index (χ1v) is 14.5. The summed E-state index contributed by atoms with van der Waals surface area (Å²) in [6.07, 6.45) is 1.07. The predicted octanol–water partition coefficient (Wildman–Crippen LogP) is 6.46. The lowest BCUT2D eigenvalue weighted by atomic mass is 9.91. The number of rotatable bonds is 9. The number of nitrogens with one attached hydrogen (secondary N) is 1. The Morgan fingerprint density at radius 2 is 1.68 bits per heavy atom. The number of hydrogen-bond donors (Lipinski definition) is 2. The minimum Gasteiger partial charge on any atom is -0.392 e. The number of aliphatic hydroxyl groups excluding tert-OH is 1. The van der Waals surface area contributed by atoms with Crippen LogP contribution in [0.15, 0.2) is 102 Å². The van der Waals surface area contributed by atoms with Crippen molar-refractivity contribution in [3.8, 4) is 11.1 Å². The molecule has 1 fully saturated rings. The van der Waals surface area contributed by atoms with Crippen molar-refractivity contribution in [2.24, 2.45) is 5.92 Å². The summed E-state index contributed by atoms with van der Waals surface area (Å²) in [4.78, 5) is 15.8. The van der Waals surface area contributed by atoms with Gasteiger partial charge in [-0.3, -0.25) is 4.79 Å². The van der Waals surface area contributed by atoms with Crippen molar-refractivity contribution in [2.45, 2.75) is 50.5 Å². The number of carbonyl (C=O) groups is 1. The molecule has 4 atom stereocenters. The third-order valence-electron chi connectivity index (χ3n) is 7.14. The second-order valence-electron chi connectivity index (χ2n) is 10.0. The number of benzene rings is 3. The van der Waals surface area contributed by atoms with E-state index >= 15 is 0 Å².